The molecule has 0 bridgehead atoms. The minimum atomic E-state index is -0.273. The Hall–Kier alpha value is -3.32. The summed E-state index contributed by atoms with van der Waals surface area (Å²) in [6, 6.07) is 14.5. The molecule has 5 rings (SSSR count). The van der Waals surface area contributed by atoms with Crippen LogP contribution >= 0.6 is 0 Å². The second-order valence-corrected chi connectivity index (χ2v) is 6.86. The van der Waals surface area contributed by atoms with Crippen molar-refractivity contribution in [2.75, 3.05) is 18.4 Å². The van der Waals surface area contributed by atoms with Gasteiger partial charge in [0.1, 0.15) is 23.0 Å². The zero-order chi connectivity index (χ0) is 18.9. The Morgan fingerprint density at radius 3 is 2.57 bits per heavy atom. The van der Waals surface area contributed by atoms with Gasteiger partial charge in [-0.05, 0) is 61.5 Å². The van der Waals surface area contributed by atoms with Crippen molar-refractivity contribution >= 4 is 17.0 Å². The molecule has 140 valence electrons. The van der Waals surface area contributed by atoms with Crippen molar-refractivity contribution in [3.8, 4) is 17.1 Å². The van der Waals surface area contributed by atoms with Crippen LogP contribution in [0.2, 0.25) is 0 Å². The molecule has 4 heterocycles. The quantitative estimate of drug-likeness (QED) is 0.573. The van der Waals surface area contributed by atoms with E-state index in [2.05, 4.69) is 15.6 Å². The van der Waals surface area contributed by atoms with Crippen molar-refractivity contribution in [1.82, 2.24) is 24.8 Å². The van der Waals surface area contributed by atoms with Gasteiger partial charge in [0.05, 0.1) is 5.69 Å². The van der Waals surface area contributed by atoms with E-state index in [1.54, 1.807) is 24.5 Å². The first-order chi connectivity index (χ1) is 13.8. The predicted octanol–water partition coefficient (Wildman–Crippen LogP) is 3.40. The summed E-state index contributed by atoms with van der Waals surface area (Å²) >= 11 is 0. The normalized spacial score (nSPS) is 16.5. The number of pyridine rings is 2. The van der Waals surface area contributed by atoms with Gasteiger partial charge < -0.3 is 10.6 Å². The molecule has 28 heavy (non-hydrogen) atoms. The van der Waals surface area contributed by atoms with Crippen molar-refractivity contribution < 1.29 is 4.39 Å². The van der Waals surface area contributed by atoms with Gasteiger partial charge >= 0.3 is 0 Å². The Bertz CT molecular complexity index is 1100. The van der Waals surface area contributed by atoms with E-state index in [1.165, 1.54) is 12.1 Å². The van der Waals surface area contributed by atoms with Crippen molar-refractivity contribution in [3.63, 3.8) is 0 Å². The molecule has 1 atom stereocenters. The van der Waals surface area contributed by atoms with Crippen LogP contribution in [0, 0.1) is 5.82 Å². The fourth-order valence-corrected chi connectivity index (χ4v) is 3.55. The molecular formula is C21H19FN6. The Morgan fingerprint density at radius 2 is 1.82 bits per heavy atom. The van der Waals surface area contributed by atoms with Crippen LogP contribution in [0.15, 0.2) is 60.9 Å². The van der Waals surface area contributed by atoms with Crippen molar-refractivity contribution in [2.24, 2.45) is 0 Å². The predicted molar refractivity (Wildman–Crippen MR) is 107 cm³/mol. The summed E-state index contributed by atoms with van der Waals surface area (Å²) in [5, 5.41) is 6.84. The maximum absolute atomic E-state index is 13.4. The third kappa shape index (κ3) is 3.10. The van der Waals surface area contributed by atoms with Gasteiger partial charge in [0, 0.05) is 30.5 Å². The lowest BCUT2D eigenvalue weighted by atomic mass is 10.2. The highest BCUT2D eigenvalue weighted by Gasteiger charge is 2.18. The van der Waals surface area contributed by atoms with Crippen LogP contribution in [0.4, 0.5) is 10.2 Å². The number of nitrogens with one attached hydrogen (secondary N) is 2. The molecule has 4 aromatic rings. The molecule has 1 aliphatic heterocycles. The number of nitrogens with zero attached hydrogens (tertiary/aromatic N) is 4. The van der Waals surface area contributed by atoms with Gasteiger partial charge in [-0.15, -0.1) is 0 Å². The van der Waals surface area contributed by atoms with E-state index >= 15 is 0 Å². The fraction of sp³-hybridized carbons (Fsp3) is 0.190. The highest BCUT2D eigenvalue weighted by atomic mass is 19.1. The number of fused-ring (bicyclic) bond motifs is 1. The average Bonchev–Trinajstić information content (AvgIpc) is 3.37. The second kappa shape index (κ2) is 7.01. The lowest BCUT2D eigenvalue weighted by Gasteiger charge is -2.13. The van der Waals surface area contributed by atoms with Gasteiger partial charge in [-0.1, -0.05) is 0 Å². The number of benzene rings is 1. The van der Waals surface area contributed by atoms with Crippen molar-refractivity contribution in [1.29, 1.82) is 0 Å². The number of anilines is 1. The minimum absolute atomic E-state index is 0.273. The summed E-state index contributed by atoms with van der Waals surface area (Å²) in [5.41, 5.74) is 3.27. The number of hydrogen-bond donors (Lipinski definition) is 2. The van der Waals surface area contributed by atoms with Gasteiger partial charge in [0.2, 0.25) is 0 Å². The first-order valence-electron chi connectivity index (χ1n) is 9.31. The molecule has 0 aliphatic carbocycles. The topological polar surface area (TPSA) is 67.7 Å². The molecule has 0 radical (unpaired) electrons. The lowest BCUT2D eigenvalue weighted by molar-refractivity contribution is 0.628. The van der Waals surface area contributed by atoms with Crippen molar-refractivity contribution in [3.05, 3.63) is 66.7 Å². The smallest absolute Gasteiger partial charge is 0.167 e. The third-order valence-electron chi connectivity index (χ3n) is 4.94. The Balaban J connectivity index is 1.67. The molecule has 0 saturated carbocycles. The summed E-state index contributed by atoms with van der Waals surface area (Å²) in [4.78, 5) is 13.7. The zero-order valence-corrected chi connectivity index (χ0v) is 15.1. The van der Waals surface area contributed by atoms with Crippen molar-refractivity contribution in [2.45, 2.75) is 12.5 Å². The highest BCUT2D eigenvalue weighted by molar-refractivity contribution is 5.81. The van der Waals surface area contributed by atoms with E-state index in [-0.39, 0.29) is 5.82 Å². The summed E-state index contributed by atoms with van der Waals surface area (Å²) in [6.07, 6.45) is 4.55. The first kappa shape index (κ1) is 16.8. The zero-order valence-electron chi connectivity index (χ0n) is 15.1. The summed E-state index contributed by atoms with van der Waals surface area (Å²) < 4.78 is 15.4. The van der Waals surface area contributed by atoms with E-state index in [0.29, 0.717) is 11.9 Å². The first-order valence-corrected chi connectivity index (χ1v) is 9.31. The van der Waals surface area contributed by atoms with Gasteiger partial charge in [-0.25, -0.2) is 14.4 Å². The molecule has 0 unspecified atom stereocenters. The molecule has 7 heteroatoms. The number of halogens is 1. The number of imidazole rings is 1. The summed E-state index contributed by atoms with van der Waals surface area (Å²) in [7, 11) is 0. The molecule has 2 N–H and O–H groups in total. The highest BCUT2D eigenvalue weighted by Crippen LogP contribution is 2.28. The average molecular weight is 374 g/mol. The van der Waals surface area contributed by atoms with Gasteiger partial charge in [0.15, 0.2) is 5.65 Å². The molecule has 1 fully saturated rings. The largest absolute Gasteiger partial charge is 0.366 e. The molecule has 0 spiro atoms. The van der Waals surface area contributed by atoms with Crippen LogP contribution in [0.3, 0.4) is 0 Å². The van der Waals surface area contributed by atoms with Crippen LogP contribution in [0.1, 0.15) is 6.42 Å². The maximum Gasteiger partial charge on any atom is 0.167 e. The van der Waals surface area contributed by atoms with E-state index in [1.807, 2.05) is 28.8 Å². The SMILES string of the molecule is Fc1ccc(-c2nc3ccc(N[C@@H]4CCNC4)nc3n2-c2ccncc2)cc1. The van der Waals surface area contributed by atoms with E-state index in [0.717, 1.165) is 47.7 Å². The molecule has 0 amide bonds. The summed E-state index contributed by atoms with van der Waals surface area (Å²) in [6.45, 7) is 1.95. The molecule has 1 aliphatic rings. The lowest BCUT2D eigenvalue weighted by Crippen LogP contribution is -2.22. The van der Waals surface area contributed by atoms with Gasteiger partial charge in [-0.3, -0.25) is 9.55 Å². The van der Waals surface area contributed by atoms with Crippen LogP contribution in [0.5, 0.6) is 0 Å². The molecule has 1 aromatic carbocycles. The van der Waals surface area contributed by atoms with Gasteiger partial charge in [0.25, 0.3) is 0 Å². The standard InChI is InChI=1S/C21H19FN6/c22-15-3-1-14(2-4-15)20-26-18-5-6-19(25-16-7-10-24-13-16)27-21(18)28(20)17-8-11-23-12-9-17/h1-6,8-9,11-12,16,24H,7,10,13H2,(H,25,27)/t16-/m1/s1. The Morgan fingerprint density at radius 1 is 1.00 bits per heavy atom. The van der Waals surface area contributed by atoms with E-state index in [4.69, 9.17) is 9.97 Å². The Labute approximate surface area is 161 Å². The molecular weight excluding hydrogens is 355 g/mol. The molecule has 3 aromatic heterocycles. The van der Waals surface area contributed by atoms with E-state index in [9.17, 15) is 4.39 Å². The van der Waals surface area contributed by atoms with Gasteiger partial charge in [-0.2, -0.15) is 0 Å². The number of aromatic nitrogens is 4. The summed E-state index contributed by atoms with van der Waals surface area (Å²) in [5.74, 6) is 1.26. The maximum atomic E-state index is 13.4. The molecule has 1 saturated heterocycles. The van der Waals surface area contributed by atoms with E-state index < -0.39 is 0 Å². The number of hydrogen-bond acceptors (Lipinski definition) is 5. The monoisotopic (exact) mass is 374 g/mol. The second-order valence-electron chi connectivity index (χ2n) is 6.86. The minimum Gasteiger partial charge on any atom is -0.366 e. The van der Waals surface area contributed by atoms with Crippen LogP contribution in [-0.2, 0) is 0 Å². The molecule has 6 nitrogen and oxygen atoms in total. The number of rotatable bonds is 4. The fourth-order valence-electron chi connectivity index (χ4n) is 3.55. The van der Waals surface area contributed by atoms with Crippen LogP contribution < -0.4 is 10.6 Å². The Kier molecular flexibility index (Phi) is 4.21. The van der Waals surface area contributed by atoms with Crippen LogP contribution in [-0.4, -0.2) is 38.7 Å². The van der Waals surface area contributed by atoms with Crippen LogP contribution in [0.25, 0.3) is 28.2 Å². The third-order valence-corrected chi connectivity index (χ3v) is 4.94.